The van der Waals surface area contributed by atoms with Gasteiger partial charge in [-0.1, -0.05) is 6.08 Å². The number of methoxy groups -OCH3 is 2. The smallest absolute Gasteiger partial charge is 0.336 e. The largest absolute Gasteiger partial charge is 0.493 e. The van der Waals surface area contributed by atoms with Crippen LogP contribution in [0, 0.1) is 18.6 Å². The zero-order chi connectivity index (χ0) is 26.9. The van der Waals surface area contributed by atoms with Crippen LogP contribution in [0.4, 0.5) is 25.0 Å². The van der Waals surface area contributed by atoms with Gasteiger partial charge < -0.3 is 9.47 Å². The van der Waals surface area contributed by atoms with Crippen LogP contribution in [-0.4, -0.2) is 47.7 Å². The van der Waals surface area contributed by atoms with Crippen molar-refractivity contribution in [3.63, 3.8) is 0 Å². The van der Waals surface area contributed by atoms with Crippen molar-refractivity contribution < 1.29 is 23.0 Å². The minimum atomic E-state index is -1.06. The van der Waals surface area contributed by atoms with Crippen LogP contribution < -0.4 is 19.3 Å². The lowest BCUT2D eigenvalue weighted by Crippen LogP contribution is -2.50. The second-order valence-corrected chi connectivity index (χ2v) is 8.03. The highest BCUT2D eigenvalue weighted by Gasteiger charge is 2.39. The summed E-state index contributed by atoms with van der Waals surface area (Å²) < 4.78 is 42.5. The average Bonchev–Trinajstić information content (AvgIpc) is 3.23. The third-order valence-corrected chi connectivity index (χ3v) is 5.74. The van der Waals surface area contributed by atoms with Crippen molar-refractivity contribution in [1.29, 1.82) is 0 Å². The molecule has 0 spiro atoms. The number of ether oxygens (including phenoxy) is 2. The van der Waals surface area contributed by atoms with E-state index in [9.17, 15) is 4.79 Å². The summed E-state index contributed by atoms with van der Waals surface area (Å²) in [5.74, 6) is -2.80. The number of aryl methyl sites for hydroxylation is 2. The Morgan fingerprint density at radius 2 is 1.86 bits per heavy atom. The molecule has 0 bridgehead atoms. The SMILES string of the molecule is C=N/C(=N\C=C/C)N1C(=O)N(c2c(F)c(OC)cc(OC)c2F)Cc2cnc(-c3cn(C)nc3C)cc21. The monoisotopic (exact) mass is 509 g/mol. The normalized spacial score (nSPS) is 13.8. The summed E-state index contributed by atoms with van der Waals surface area (Å²) in [6.45, 7) is 6.93. The number of anilines is 2. The van der Waals surface area contributed by atoms with E-state index < -0.39 is 23.4 Å². The number of urea groups is 1. The number of guanidine groups is 1. The maximum absolute atomic E-state index is 15.4. The Bertz CT molecular complexity index is 1420. The molecule has 0 saturated carbocycles. The van der Waals surface area contributed by atoms with Gasteiger partial charge in [-0.2, -0.15) is 5.10 Å². The standard InChI is InChI=1S/C25H25F2N7O3/c1-7-8-29-24(28-3)34-18-9-17(16-13-32(4)31-14(16)2)30-11-15(18)12-33(25(34)35)23-21(26)19(36-5)10-20(37-6)22(23)27/h7-11,13H,3,12H2,1-2,4-6H3/b8-7-,29-24+. The second-order valence-electron chi connectivity index (χ2n) is 8.03. The molecule has 0 saturated heterocycles. The van der Waals surface area contributed by atoms with Gasteiger partial charge in [0.15, 0.2) is 23.1 Å². The fourth-order valence-electron chi connectivity index (χ4n) is 4.05. The molecule has 12 heteroatoms. The van der Waals surface area contributed by atoms with Crippen LogP contribution in [0.5, 0.6) is 11.5 Å². The molecule has 1 aliphatic rings. The van der Waals surface area contributed by atoms with E-state index in [1.165, 1.54) is 26.6 Å². The highest BCUT2D eigenvalue weighted by atomic mass is 19.1. The summed E-state index contributed by atoms with van der Waals surface area (Å²) in [6, 6.07) is 1.95. The van der Waals surface area contributed by atoms with Gasteiger partial charge in [-0.05, 0) is 26.6 Å². The molecule has 0 N–H and O–H groups in total. The van der Waals surface area contributed by atoms with Gasteiger partial charge in [0.1, 0.15) is 5.69 Å². The van der Waals surface area contributed by atoms with Crippen molar-refractivity contribution in [2.24, 2.45) is 17.0 Å². The van der Waals surface area contributed by atoms with Crippen molar-refractivity contribution in [3.8, 4) is 22.8 Å². The van der Waals surface area contributed by atoms with E-state index in [1.807, 2.05) is 6.92 Å². The van der Waals surface area contributed by atoms with E-state index in [1.54, 1.807) is 37.0 Å². The van der Waals surface area contributed by atoms with Crippen LogP contribution in [-0.2, 0) is 13.6 Å². The van der Waals surface area contributed by atoms with Gasteiger partial charge in [0, 0.05) is 42.8 Å². The van der Waals surface area contributed by atoms with E-state index in [2.05, 4.69) is 26.8 Å². The predicted molar refractivity (Wildman–Crippen MR) is 136 cm³/mol. The Kier molecular flexibility index (Phi) is 7.00. The summed E-state index contributed by atoms with van der Waals surface area (Å²) in [5, 5.41) is 4.35. The molecule has 3 heterocycles. The molecule has 1 aromatic carbocycles. The summed E-state index contributed by atoms with van der Waals surface area (Å²) in [7, 11) is 4.25. The first kappa shape index (κ1) is 25.5. The zero-order valence-electron chi connectivity index (χ0n) is 21.0. The average molecular weight is 510 g/mol. The lowest BCUT2D eigenvalue weighted by molar-refractivity contribution is 0.252. The molecular formula is C25H25F2N7O3. The summed E-state index contributed by atoms with van der Waals surface area (Å²) >= 11 is 0. The van der Waals surface area contributed by atoms with Crippen LogP contribution in [0.3, 0.4) is 0 Å². The molecular weight excluding hydrogens is 484 g/mol. The first-order valence-electron chi connectivity index (χ1n) is 11.1. The third kappa shape index (κ3) is 4.41. The number of aromatic nitrogens is 3. The molecule has 2 amide bonds. The van der Waals surface area contributed by atoms with Crippen molar-refractivity contribution in [1.82, 2.24) is 14.8 Å². The Morgan fingerprint density at radius 3 is 2.41 bits per heavy atom. The number of hydrogen-bond donors (Lipinski definition) is 0. The second kappa shape index (κ2) is 10.2. The van der Waals surface area contributed by atoms with Crippen LogP contribution in [0.1, 0.15) is 18.2 Å². The van der Waals surface area contributed by atoms with Gasteiger partial charge >= 0.3 is 6.03 Å². The number of carbonyl (C=O) groups is 1. The lowest BCUT2D eigenvalue weighted by atomic mass is 10.1. The maximum Gasteiger partial charge on any atom is 0.336 e. The Labute approximate surface area is 212 Å². The Hall–Kier alpha value is -4.61. The van der Waals surface area contributed by atoms with Crippen LogP contribution in [0.15, 0.2) is 46.8 Å². The number of aliphatic imine (C=N–C) groups is 2. The highest BCUT2D eigenvalue weighted by Crippen LogP contribution is 2.41. The molecule has 0 radical (unpaired) electrons. The first-order chi connectivity index (χ1) is 17.7. The molecule has 4 rings (SSSR count). The number of pyridine rings is 1. The summed E-state index contributed by atoms with van der Waals surface area (Å²) in [5.41, 5.74) is 2.28. The highest BCUT2D eigenvalue weighted by molar-refractivity contribution is 6.23. The minimum absolute atomic E-state index is 0.0928. The number of hydrogen-bond acceptors (Lipinski definition) is 6. The van der Waals surface area contributed by atoms with Gasteiger partial charge in [0.25, 0.3) is 0 Å². The van der Waals surface area contributed by atoms with E-state index in [4.69, 9.17) is 9.47 Å². The van der Waals surface area contributed by atoms with Crippen molar-refractivity contribution in [3.05, 3.63) is 59.7 Å². The number of amides is 2. The summed E-state index contributed by atoms with van der Waals surface area (Å²) in [4.78, 5) is 28.6. The predicted octanol–water partition coefficient (Wildman–Crippen LogP) is 4.62. The van der Waals surface area contributed by atoms with Gasteiger partial charge in [-0.25, -0.2) is 28.5 Å². The molecule has 3 aromatic rings. The number of fused-ring (bicyclic) bond motifs is 1. The molecule has 2 aromatic heterocycles. The lowest BCUT2D eigenvalue weighted by Gasteiger charge is -2.36. The molecule has 0 fully saturated rings. The van der Waals surface area contributed by atoms with Gasteiger partial charge in [0.05, 0.1) is 37.8 Å². The van der Waals surface area contributed by atoms with Crippen LogP contribution in [0.2, 0.25) is 0 Å². The minimum Gasteiger partial charge on any atom is -0.493 e. The van der Waals surface area contributed by atoms with E-state index >= 15 is 8.78 Å². The molecule has 192 valence electrons. The molecule has 10 nitrogen and oxygen atoms in total. The van der Waals surface area contributed by atoms with E-state index in [0.29, 0.717) is 16.9 Å². The van der Waals surface area contributed by atoms with Crippen molar-refractivity contribution in [2.75, 3.05) is 24.0 Å². The van der Waals surface area contributed by atoms with Gasteiger partial charge in [0.2, 0.25) is 5.96 Å². The molecule has 0 aliphatic carbocycles. The summed E-state index contributed by atoms with van der Waals surface area (Å²) in [6.07, 6.45) is 6.41. The number of nitrogens with zero attached hydrogens (tertiary/aromatic N) is 7. The van der Waals surface area contributed by atoms with Gasteiger partial charge in [-0.15, -0.1) is 0 Å². The Morgan fingerprint density at radius 1 is 1.19 bits per heavy atom. The number of benzene rings is 1. The van der Waals surface area contributed by atoms with E-state index in [0.717, 1.165) is 27.1 Å². The van der Waals surface area contributed by atoms with Crippen molar-refractivity contribution >= 4 is 30.1 Å². The molecule has 1 aliphatic heterocycles. The van der Waals surface area contributed by atoms with Gasteiger partial charge in [-0.3, -0.25) is 14.6 Å². The molecule has 0 unspecified atom stereocenters. The maximum atomic E-state index is 15.4. The van der Waals surface area contributed by atoms with Crippen LogP contribution in [0.25, 0.3) is 11.3 Å². The number of allylic oxidation sites excluding steroid dienone is 1. The number of halogens is 2. The third-order valence-electron chi connectivity index (χ3n) is 5.74. The number of rotatable bonds is 5. The number of carbonyl (C=O) groups excluding carboxylic acids is 1. The topological polar surface area (TPSA) is 97.4 Å². The van der Waals surface area contributed by atoms with Crippen molar-refractivity contribution in [2.45, 2.75) is 20.4 Å². The Balaban J connectivity index is 1.95. The first-order valence-corrected chi connectivity index (χ1v) is 11.1. The van der Waals surface area contributed by atoms with Crippen LogP contribution >= 0.6 is 0 Å². The molecule has 0 atom stereocenters. The van der Waals surface area contributed by atoms with E-state index in [-0.39, 0.29) is 24.0 Å². The fraction of sp³-hybridized carbons (Fsp3) is 0.240. The fourth-order valence-corrected chi connectivity index (χ4v) is 4.05. The zero-order valence-corrected chi connectivity index (χ0v) is 21.0. The quantitative estimate of drug-likeness (QED) is 0.369. The molecule has 37 heavy (non-hydrogen) atoms.